The van der Waals surface area contributed by atoms with Crippen LogP contribution in [-0.4, -0.2) is 69.3 Å². The first-order valence-electron chi connectivity index (χ1n) is 11.2. The van der Waals surface area contributed by atoms with Crippen LogP contribution in [0.2, 0.25) is 0 Å². The van der Waals surface area contributed by atoms with Gasteiger partial charge in [-0.15, -0.1) is 0 Å². The molecule has 0 aliphatic heterocycles. The third-order valence-corrected chi connectivity index (χ3v) is 6.29. The molecule has 7 heteroatoms. The van der Waals surface area contributed by atoms with E-state index in [1.807, 2.05) is 19.1 Å². The van der Waals surface area contributed by atoms with Crippen LogP contribution in [0.25, 0.3) is 0 Å². The van der Waals surface area contributed by atoms with Crippen LogP contribution in [0.1, 0.15) is 51.0 Å². The van der Waals surface area contributed by atoms with Gasteiger partial charge in [0.05, 0.1) is 33.9 Å². The third kappa shape index (κ3) is 6.51. The van der Waals surface area contributed by atoms with Crippen molar-refractivity contribution in [2.75, 3.05) is 41.5 Å². The van der Waals surface area contributed by atoms with Gasteiger partial charge in [-0.2, -0.15) is 5.26 Å². The Bertz CT molecular complexity index is 731. The molecule has 7 nitrogen and oxygen atoms in total. The minimum Gasteiger partial charge on any atom is -0.496 e. The molecule has 0 radical (unpaired) electrons. The zero-order chi connectivity index (χ0) is 22.8. The minimum atomic E-state index is -0.387. The van der Waals surface area contributed by atoms with Crippen molar-refractivity contribution in [3.63, 3.8) is 0 Å². The largest absolute Gasteiger partial charge is 0.496 e. The van der Waals surface area contributed by atoms with E-state index < -0.39 is 0 Å². The van der Waals surface area contributed by atoms with E-state index in [4.69, 9.17) is 14.2 Å². The van der Waals surface area contributed by atoms with E-state index in [0.717, 1.165) is 29.9 Å². The Hall–Kier alpha value is -2.46. The van der Waals surface area contributed by atoms with Crippen molar-refractivity contribution in [2.24, 2.45) is 0 Å². The Morgan fingerprint density at radius 3 is 2.23 bits per heavy atom. The van der Waals surface area contributed by atoms with Crippen LogP contribution in [0, 0.1) is 11.3 Å². The molecule has 1 aliphatic rings. The number of carbonyl (C=O) groups is 1. The smallest absolute Gasteiger partial charge is 0.237 e. The minimum absolute atomic E-state index is 0.00682. The van der Waals surface area contributed by atoms with Gasteiger partial charge in [0.1, 0.15) is 23.3 Å². The fraction of sp³-hybridized carbons (Fsp3) is 0.667. The Balaban J connectivity index is 2.21. The summed E-state index contributed by atoms with van der Waals surface area (Å²) < 4.78 is 16.5. The number of likely N-dealkylation sites (N-methyl/N-ethyl adjacent to an activating group) is 1. The lowest BCUT2D eigenvalue weighted by Gasteiger charge is -2.35. The molecule has 0 bridgehead atoms. The molecule has 1 amide bonds. The molecule has 0 aromatic heterocycles. The van der Waals surface area contributed by atoms with Gasteiger partial charge >= 0.3 is 0 Å². The molecule has 2 rings (SSSR count). The Morgan fingerprint density at radius 2 is 1.74 bits per heavy atom. The summed E-state index contributed by atoms with van der Waals surface area (Å²) in [7, 11) is 6.63. The maximum absolute atomic E-state index is 13.0. The lowest BCUT2D eigenvalue weighted by atomic mass is 9.93. The van der Waals surface area contributed by atoms with Crippen molar-refractivity contribution in [2.45, 2.75) is 64.0 Å². The predicted molar refractivity (Wildman–Crippen MR) is 121 cm³/mol. The van der Waals surface area contributed by atoms with Gasteiger partial charge in [0.25, 0.3) is 0 Å². The molecular formula is C24H37N3O4. The van der Waals surface area contributed by atoms with Gasteiger partial charge in [-0.25, -0.2) is 0 Å². The summed E-state index contributed by atoms with van der Waals surface area (Å²) in [4.78, 5) is 16.8. The van der Waals surface area contributed by atoms with Crippen LogP contribution < -0.4 is 14.2 Å². The summed E-state index contributed by atoms with van der Waals surface area (Å²) in [6.07, 6.45) is 7.16. The summed E-state index contributed by atoms with van der Waals surface area (Å²) in [5.74, 6) is 2.12. The maximum Gasteiger partial charge on any atom is 0.237 e. The second-order valence-corrected chi connectivity index (χ2v) is 8.08. The van der Waals surface area contributed by atoms with Gasteiger partial charge in [0.2, 0.25) is 5.91 Å². The lowest BCUT2D eigenvalue weighted by Crippen LogP contribution is -2.47. The van der Waals surface area contributed by atoms with Crippen LogP contribution >= 0.6 is 0 Å². The van der Waals surface area contributed by atoms with Gasteiger partial charge in [0.15, 0.2) is 0 Å². The number of amides is 1. The zero-order valence-electron chi connectivity index (χ0n) is 19.6. The van der Waals surface area contributed by atoms with Crippen molar-refractivity contribution in [3.8, 4) is 23.3 Å². The maximum atomic E-state index is 13.0. The van der Waals surface area contributed by atoms with E-state index >= 15 is 0 Å². The highest BCUT2D eigenvalue weighted by Gasteiger charge is 2.27. The van der Waals surface area contributed by atoms with Crippen molar-refractivity contribution in [1.29, 1.82) is 5.26 Å². The van der Waals surface area contributed by atoms with Crippen LogP contribution in [-0.2, 0) is 11.2 Å². The Morgan fingerprint density at radius 1 is 1.13 bits per heavy atom. The van der Waals surface area contributed by atoms with Gasteiger partial charge in [0, 0.05) is 37.3 Å². The van der Waals surface area contributed by atoms with E-state index in [2.05, 4.69) is 11.0 Å². The number of carbonyl (C=O) groups excluding carboxylic acids is 1. The number of hydrogen-bond donors (Lipinski definition) is 0. The standard InChI is InChI=1S/C24H37N3O4/c1-6-18(16-25)26(2)24(28)17-27(19-10-8-7-9-11-19)13-12-21-22(30-4)14-20(29-3)15-23(21)31-5/h14-15,18-19H,6-13,17H2,1-5H3. The molecule has 1 aromatic carbocycles. The van der Waals surface area contributed by atoms with Crippen LogP contribution in [0.4, 0.5) is 0 Å². The van der Waals surface area contributed by atoms with E-state index in [-0.39, 0.29) is 11.9 Å². The first-order valence-corrected chi connectivity index (χ1v) is 11.2. The fourth-order valence-corrected chi connectivity index (χ4v) is 4.33. The SMILES string of the molecule is CCC(C#N)N(C)C(=O)CN(CCc1c(OC)cc(OC)cc1OC)C1CCCCC1. The molecule has 31 heavy (non-hydrogen) atoms. The van der Waals surface area contributed by atoms with Crippen LogP contribution in [0.3, 0.4) is 0 Å². The quantitative estimate of drug-likeness (QED) is 0.532. The summed E-state index contributed by atoms with van der Waals surface area (Å²) in [6, 6.07) is 5.94. The first-order chi connectivity index (χ1) is 15.0. The van der Waals surface area contributed by atoms with Crippen LogP contribution in [0.15, 0.2) is 12.1 Å². The number of nitrogens with zero attached hydrogens (tertiary/aromatic N) is 3. The van der Waals surface area contributed by atoms with Gasteiger partial charge in [-0.3, -0.25) is 9.69 Å². The number of nitriles is 1. The van der Waals surface area contributed by atoms with Gasteiger partial charge in [-0.05, 0) is 25.7 Å². The van der Waals surface area contributed by atoms with Crippen molar-refractivity contribution in [3.05, 3.63) is 17.7 Å². The third-order valence-electron chi connectivity index (χ3n) is 6.29. The van der Waals surface area contributed by atoms with Crippen molar-refractivity contribution < 1.29 is 19.0 Å². The highest BCUT2D eigenvalue weighted by molar-refractivity contribution is 5.78. The van der Waals surface area contributed by atoms with Gasteiger partial charge in [-0.1, -0.05) is 26.2 Å². The zero-order valence-corrected chi connectivity index (χ0v) is 19.6. The number of rotatable bonds is 11. The highest BCUT2D eigenvalue weighted by Crippen LogP contribution is 2.35. The number of ether oxygens (including phenoxy) is 3. The molecule has 172 valence electrons. The van der Waals surface area contributed by atoms with E-state index in [1.165, 1.54) is 19.3 Å². The van der Waals surface area contributed by atoms with E-state index in [1.54, 1.807) is 33.3 Å². The summed E-state index contributed by atoms with van der Waals surface area (Å²) >= 11 is 0. The molecule has 0 heterocycles. The monoisotopic (exact) mass is 431 g/mol. The van der Waals surface area contributed by atoms with Gasteiger partial charge < -0.3 is 19.1 Å². The number of hydrogen-bond acceptors (Lipinski definition) is 6. The molecule has 0 saturated heterocycles. The average molecular weight is 432 g/mol. The van der Waals surface area contributed by atoms with Crippen molar-refractivity contribution in [1.82, 2.24) is 9.80 Å². The highest BCUT2D eigenvalue weighted by atomic mass is 16.5. The molecule has 0 N–H and O–H groups in total. The topological polar surface area (TPSA) is 75.0 Å². The van der Waals surface area contributed by atoms with Crippen LogP contribution in [0.5, 0.6) is 17.2 Å². The fourth-order valence-electron chi connectivity index (χ4n) is 4.33. The molecule has 1 atom stereocenters. The van der Waals surface area contributed by atoms with E-state index in [9.17, 15) is 10.1 Å². The molecule has 0 spiro atoms. The summed E-state index contributed by atoms with van der Waals surface area (Å²) in [5.41, 5.74) is 0.968. The van der Waals surface area contributed by atoms with Crippen molar-refractivity contribution >= 4 is 5.91 Å². The molecule has 1 aliphatic carbocycles. The molecule has 1 fully saturated rings. The number of benzene rings is 1. The average Bonchev–Trinajstić information content (AvgIpc) is 2.82. The molecule has 1 saturated carbocycles. The second-order valence-electron chi connectivity index (χ2n) is 8.08. The molecular weight excluding hydrogens is 394 g/mol. The Kier molecular flexibility index (Phi) is 9.93. The number of methoxy groups -OCH3 is 3. The first kappa shape index (κ1) is 24.8. The normalized spacial score (nSPS) is 15.3. The van der Waals surface area contributed by atoms with E-state index in [0.29, 0.717) is 37.7 Å². The summed E-state index contributed by atoms with van der Waals surface area (Å²) in [6.45, 7) is 2.96. The second kappa shape index (κ2) is 12.4. The molecule has 1 unspecified atom stereocenters. The summed E-state index contributed by atoms with van der Waals surface area (Å²) in [5, 5.41) is 9.34. The molecule has 1 aromatic rings. The predicted octanol–water partition coefficient (Wildman–Crippen LogP) is 3.65. The lowest BCUT2D eigenvalue weighted by molar-refractivity contribution is -0.133. The Labute approximate surface area is 186 Å².